The lowest BCUT2D eigenvalue weighted by Crippen LogP contribution is -2.12. The minimum absolute atomic E-state index is 0.0208. The minimum Gasteiger partial charge on any atom is -0.416 e. The van der Waals surface area contributed by atoms with Crippen LogP contribution in [0.1, 0.15) is 26.3 Å². The second-order valence-electron chi connectivity index (χ2n) is 6.00. The third-order valence-corrected chi connectivity index (χ3v) is 3.36. The van der Waals surface area contributed by atoms with Gasteiger partial charge >= 0.3 is 0 Å². The topological polar surface area (TPSA) is 38.9 Å². The number of hydrogen-bond donors (Lipinski definition) is 0. The lowest BCUT2D eigenvalue weighted by molar-refractivity contribution is 0.567. The molecule has 0 saturated carbocycles. The average molecular weight is 277 g/mol. The van der Waals surface area contributed by atoms with E-state index in [9.17, 15) is 0 Å². The van der Waals surface area contributed by atoms with Gasteiger partial charge in [0.2, 0.25) is 11.8 Å². The Morgan fingerprint density at radius 1 is 0.905 bits per heavy atom. The van der Waals surface area contributed by atoms with E-state index >= 15 is 0 Å². The number of nitrogens with zero attached hydrogens (tertiary/aromatic N) is 2. The van der Waals surface area contributed by atoms with Gasteiger partial charge in [-0.15, -0.1) is 10.2 Å². The first-order valence-corrected chi connectivity index (χ1v) is 6.95. The van der Waals surface area contributed by atoms with E-state index in [4.69, 9.17) is 4.42 Å². The predicted molar refractivity (Wildman–Crippen MR) is 82.7 cm³/mol. The second kappa shape index (κ2) is 5.17. The molecule has 0 unspecified atom stereocenters. The van der Waals surface area contributed by atoms with Crippen LogP contribution in [0.25, 0.3) is 22.9 Å². The fourth-order valence-electron chi connectivity index (χ4n) is 2.30. The van der Waals surface area contributed by atoms with Crippen molar-refractivity contribution in [2.75, 3.05) is 0 Å². The van der Waals surface area contributed by atoms with E-state index < -0.39 is 0 Å². The zero-order chi connectivity index (χ0) is 14.9. The summed E-state index contributed by atoms with van der Waals surface area (Å²) >= 11 is 0. The molecule has 3 nitrogen and oxygen atoms in total. The van der Waals surface area contributed by atoms with Crippen molar-refractivity contribution in [3.63, 3.8) is 0 Å². The number of hydrogen-bond acceptors (Lipinski definition) is 3. The van der Waals surface area contributed by atoms with Crippen molar-refractivity contribution >= 4 is 0 Å². The zero-order valence-electron chi connectivity index (χ0n) is 12.4. The van der Waals surface area contributed by atoms with Gasteiger partial charge in [0.15, 0.2) is 0 Å². The van der Waals surface area contributed by atoms with Gasteiger partial charge in [0, 0.05) is 11.1 Å². The highest BCUT2D eigenvalue weighted by atomic mass is 16.4. The molecule has 0 fully saturated rings. The molecule has 1 aromatic heterocycles. The fourth-order valence-corrected chi connectivity index (χ4v) is 2.30. The largest absolute Gasteiger partial charge is 0.416 e. The maximum absolute atomic E-state index is 5.86. The Labute approximate surface area is 124 Å². The van der Waals surface area contributed by atoms with E-state index in [-0.39, 0.29) is 5.41 Å². The Balaban J connectivity index is 2.06. The van der Waals surface area contributed by atoms with Crippen LogP contribution in [0.5, 0.6) is 0 Å². The summed E-state index contributed by atoms with van der Waals surface area (Å²) in [6.45, 7) is 6.53. The van der Waals surface area contributed by atoms with Crippen LogP contribution in [0.15, 0.2) is 52.9 Å². The summed E-state index contributed by atoms with van der Waals surface area (Å²) < 4.78 is 5.86. The second-order valence-corrected chi connectivity index (χ2v) is 6.00. The molecule has 3 aromatic rings. The molecule has 0 atom stereocenters. The van der Waals surface area contributed by atoms with Crippen LogP contribution in [-0.4, -0.2) is 10.2 Å². The van der Waals surface area contributed by atoms with Crippen LogP contribution >= 0.6 is 0 Å². The highest BCUT2D eigenvalue weighted by Gasteiger charge is 2.21. The molecule has 3 rings (SSSR count). The summed E-state index contributed by atoms with van der Waals surface area (Å²) in [5.41, 5.74) is 3.11. The highest BCUT2D eigenvalue weighted by molar-refractivity contribution is 5.62. The van der Waals surface area contributed by atoms with E-state index in [0.717, 1.165) is 11.1 Å². The Bertz CT molecular complexity index is 739. The number of aromatic nitrogens is 2. The van der Waals surface area contributed by atoms with Gasteiger partial charge in [-0.05, 0) is 35.2 Å². The van der Waals surface area contributed by atoms with Crippen LogP contribution in [0, 0.1) is 6.07 Å². The van der Waals surface area contributed by atoms with E-state index in [1.54, 1.807) is 0 Å². The molecule has 0 amide bonds. The molecule has 0 aliphatic carbocycles. The standard InChI is InChI=1S/C18H17N2O/c1-18(2,3)15-12-8-7-11-14(15)17-20-19-16(21-17)13-9-5-4-6-10-13/h5-12H,1-3H3. The minimum atomic E-state index is 0.0208. The van der Waals surface area contributed by atoms with Crippen molar-refractivity contribution in [1.29, 1.82) is 0 Å². The van der Waals surface area contributed by atoms with Gasteiger partial charge in [-0.3, -0.25) is 0 Å². The van der Waals surface area contributed by atoms with Crippen LogP contribution in [0.4, 0.5) is 0 Å². The lowest BCUT2D eigenvalue weighted by Gasteiger charge is -2.21. The van der Waals surface area contributed by atoms with Crippen molar-refractivity contribution in [1.82, 2.24) is 10.2 Å². The quantitative estimate of drug-likeness (QED) is 0.692. The van der Waals surface area contributed by atoms with E-state index in [0.29, 0.717) is 11.8 Å². The SMILES string of the molecule is CC(C)(C)c1ccccc1-c1nnc(-c2cc[c]cc2)o1. The molecule has 0 saturated heterocycles. The average Bonchev–Trinajstić information content (AvgIpc) is 2.97. The third-order valence-electron chi connectivity index (χ3n) is 3.36. The molecule has 1 heterocycles. The molecule has 1 radical (unpaired) electrons. The van der Waals surface area contributed by atoms with Crippen LogP contribution in [0.2, 0.25) is 0 Å². The Hall–Kier alpha value is -2.42. The number of benzene rings is 2. The maximum Gasteiger partial charge on any atom is 0.248 e. The molecule has 0 aliphatic heterocycles. The summed E-state index contributed by atoms with van der Waals surface area (Å²) in [6, 6.07) is 18.6. The van der Waals surface area contributed by atoms with Gasteiger partial charge < -0.3 is 4.42 Å². The Morgan fingerprint density at radius 2 is 1.57 bits per heavy atom. The van der Waals surface area contributed by atoms with Crippen molar-refractivity contribution < 1.29 is 4.42 Å². The summed E-state index contributed by atoms with van der Waals surface area (Å²) in [5, 5.41) is 8.37. The van der Waals surface area contributed by atoms with Gasteiger partial charge in [-0.2, -0.15) is 0 Å². The Kier molecular flexibility index (Phi) is 3.34. The van der Waals surface area contributed by atoms with Crippen LogP contribution in [-0.2, 0) is 5.41 Å². The van der Waals surface area contributed by atoms with Crippen molar-refractivity contribution in [3.8, 4) is 22.9 Å². The predicted octanol–water partition coefficient (Wildman–Crippen LogP) is 4.50. The fraction of sp³-hybridized carbons (Fsp3) is 0.222. The first-order valence-electron chi connectivity index (χ1n) is 6.95. The maximum atomic E-state index is 5.86. The van der Waals surface area contributed by atoms with E-state index in [1.165, 1.54) is 5.56 Å². The van der Waals surface area contributed by atoms with Crippen molar-refractivity contribution in [2.24, 2.45) is 0 Å². The molecule has 0 N–H and O–H groups in total. The third kappa shape index (κ3) is 2.72. The monoisotopic (exact) mass is 277 g/mol. The highest BCUT2D eigenvalue weighted by Crippen LogP contribution is 2.33. The van der Waals surface area contributed by atoms with Crippen LogP contribution in [0.3, 0.4) is 0 Å². The van der Waals surface area contributed by atoms with Gasteiger partial charge in [-0.25, -0.2) is 0 Å². The molecular weight excluding hydrogens is 260 g/mol. The summed E-state index contributed by atoms with van der Waals surface area (Å²) in [7, 11) is 0. The van der Waals surface area contributed by atoms with Crippen molar-refractivity contribution in [2.45, 2.75) is 26.2 Å². The number of rotatable bonds is 2. The summed E-state index contributed by atoms with van der Waals surface area (Å²) in [4.78, 5) is 0. The molecule has 0 aliphatic rings. The first kappa shape index (κ1) is 13.6. The van der Waals surface area contributed by atoms with E-state index in [1.807, 2.05) is 42.5 Å². The molecule has 21 heavy (non-hydrogen) atoms. The normalized spacial score (nSPS) is 11.6. The molecule has 0 spiro atoms. The summed E-state index contributed by atoms with van der Waals surface area (Å²) in [5.74, 6) is 1.09. The molecule has 0 bridgehead atoms. The smallest absolute Gasteiger partial charge is 0.248 e. The Morgan fingerprint density at radius 3 is 2.29 bits per heavy atom. The lowest BCUT2D eigenvalue weighted by atomic mass is 9.84. The first-order chi connectivity index (χ1) is 10.1. The molecule has 2 aromatic carbocycles. The van der Waals surface area contributed by atoms with E-state index in [2.05, 4.69) is 43.1 Å². The molecule has 105 valence electrons. The van der Waals surface area contributed by atoms with Crippen LogP contribution < -0.4 is 0 Å². The zero-order valence-corrected chi connectivity index (χ0v) is 12.4. The van der Waals surface area contributed by atoms with Gasteiger partial charge in [-0.1, -0.05) is 51.1 Å². The van der Waals surface area contributed by atoms with Gasteiger partial charge in [0.05, 0.1) is 0 Å². The van der Waals surface area contributed by atoms with Gasteiger partial charge in [0.25, 0.3) is 0 Å². The molecule has 3 heteroatoms. The molecular formula is C18H17N2O. The van der Waals surface area contributed by atoms with Crippen molar-refractivity contribution in [3.05, 3.63) is 60.2 Å². The van der Waals surface area contributed by atoms with Gasteiger partial charge in [0.1, 0.15) is 0 Å². The summed E-state index contributed by atoms with van der Waals surface area (Å²) in [6.07, 6.45) is 0.